The van der Waals surface area contributed by atoms with Crippen molar-refractivity contribution in [2.45, 2.75) is 19.7 Å². The van der Waals surface area contributed by atoms with E-state index < -0.39 is 0 Å². The fourth-order valence-corrected chi connectivity index (χ4v) is 2.15. The molecule has 0 amide bonds. The summed E-state index contributed by atoms with van der Waals surface area (Å²) in [6.45, 7) is 3.72. The highest BCUT2D eigenvalue weighted by Gasteiger charge is 2.21. The van der Waals surface area contributed by atoms with E-state index in [-0.39, 0.29) is 7.05 Å². The third-order valence-electron chi connectivity index (χ3n) is 2.20. The molecule has 0 unspecified atom stereocenters. The molecule has 0 bridgehead atoms. The summed E-state index contributed by atoms with van der Waals surface area (Å²) >= 11 is 6.82. The SMILES string of the molecule is CB(O)N1CCC(=C(Br)Br)CC1. The van der Waals surface area contributed by atoms with Gasteiger partial charge in [-0.2, -0.15) is 0 Å². The summed E-state index contributed by atoms with van der Waals surface area (Å²) in [7, 11) is -0.305. The number of hydrogen-bond acceptors (Lipinski definition) is 2. The van der Waals surface area contributed by atoms with Crippen molar-refractivity contribution in [1.82, 2.24) is 4.81 Å². The first-order valence-corrected chi connectivity index (χ1v) is 5.65. The largest absolute Gasteiger partial charge is 0.437 e. The summed E-state index contributed by atoms with van der Waals surface area (Å²) < 4.78 is 1.08. The van der Waals surface area contributed by atoms with Gasteiger partial charge in [0.15, 0.2) is 0 Å². The molecule has 0 aliphatic carbocycles. The van der Waals surface area contributed by atoms with Gasteiger partial charge < -0.3 is 9.83 Å². The Hall–Kier alpha value is 0.685. The molecule has 5 heteroatoms. The van der Waals surface area contributed by atoms with E-state index in [0.29, 0.717) is 0 Å². The lowest BCUT2D eigenvalue weighted by atomic mass is 9.82. The Balaban J connectivity index is 2.45. The van der Waals surface area contributed by atoms with E-state index in [1.54, 1.807) is 0 Å². The molecule has 1 rings (SSSR count). The average molecular weight is 297 g/mol. The van der Waals surface area contributed by atoms with Gasteiger partial charge in [0.1, 0.15) is 0 Å². The van der Waals surface area contributed by atoms with Crippen LogP contribution in [0.3, 0.4) is 0 Å². The highest BCUT2D eigenvalue weighted by atomic mass is 79.9. The smallest absolute Gasteiger partial charge is 0.376 e. The molecular formula is C7H12BBr2NO. The Bertz CT molecular complexity index is 182. The minimum absolute atomic E-state index is 0.305. The number of rotatable bonds is 1. The lowest BCUT2D eigenvalue weighted by Crippen LogP contribution is -2.41. The molecule has 1 N–H and O–H groups in total. The van der Waals surface area contributed by atoms with Gasteiger partial charge >= 0.3 is 7.05 Å². The summed E-state index contributed by atoms with van der Waals surface area (Å²) in [6.07, 6.45) is 2.08. The third kappa shape index (κ3) is 2.87. The molecule has 0 atom stereocenters. The van der Waals surface area contributed by atoms with Crippen molar-refractivity contribution in [2.75, 3.05) is 13.1 Å². The van der Waals surface area contributed by atoms with Crippen LogP contribution in [-0.2, 0) is 0 Å². The molecule has 1 saturated heterocycles. The fraction of sp³-hybridized carbons (Fsp3) is 0.714. The molecule has 2 nitrogen and oxygen atoms in total. The summed E-state index contributed by atoms with van der Waals surface area (Å²) in [5.41, 5.74) is 1.41. The second kappa shape index (κ2) is 4.79. The predicted octanol–water partition coefficient (Wildman–Crippen LogP) is 2.19. The minimum atomic E-state index is -0.305. The molecule has 0 aromatic rings. The van der Waals surface area contributed by atoms with Gasteiger partial charge in [-0.05, 0) is 70.2 Å². The Kier molecular flexibility index (Phi) is 4.30. The van der Waals surface area contributed by atoms with Crippen LogP contribution in [0.2, 0.25) is 6.82 Å². The van der Waals surface area contributed by atoms with Gasteiger partial charge in [-0.3, -0.25) is 0 Å². The number of nitrogens with zero attached hydrogens (tertiary/aromatic N) is 1. The zero-order valence-corrected chi connectivity index (χ0v) is 10.2. The number of piperidine rings is 1. The van der Waals surface area contributed by atoms with Crippen LogP contribution in [0, 0.1) is 0 Å². The van der Waals surface area contributed by atoms with Crippen molar-refractivity contribution in [2.24, 2.45) is 0 Å². The Morgan fingerprint density at radius 1 is 1.42 bits per heavy atom. The van der Waals surface area contributed by atoms with Crippen molar-refractivity contribution in [3.05, 3.63) is 8.96 Å². The van der Waals surface area contributed by atoms with E-state index in [1.165, 1.54) is 5.57 Å². The van der Waals surface area contributed by atoms with Crippen LogP contribution >= 0.6 is 31.9 Å². The maximum absolute atomic E-state index is 9.29. The van der Waals surface area contributed by atoms with Crippen molar-refractivity contribution in [1.29, 1.82) is 0 Å². The van der Waals surface area contributed by atoms with Crippen molar-refractivity contribution >= 4 is 38.9 Å². The van der Waals surface area contributed by atoms with Gasteiger partial charge in [-0.15, -0.1) is 0 Å². The topological polar surface area (TPSA) is 23.5 Å². The number of hydrogen-bond donors (Lipinski definition) is 1. The van der Waals surface area contributed by atoms with E-state index in [2.05, 4.69) is 36.7 Å². The quantitative estimate of drug-likeness (QED) is 0.750. The molecule has 1 aliphatic rings. The van der Waals surface area contributed by atoms with Gasteiger partial charge in [-0.25, -0.2) is 0 Å². The lowest BCUT2D eigenvalue weighted by molar-refractivity contribution is 0.345. The molecule has 12 heavy (non-hydrogen) atoms. The first-order valence-electron chi connectivity index (χ1n) is 4.06. The summed E-state index contributed by atoms with van der Waals surface area (Å²) in [5, 5.41) is 9.29. The minimum Gasteiger partial charge on any atom is -0.437 e. The molecule has 68 valence electrons. The second-order valence-corrected chi connectivity index (χ2v) is 5.68. The van der Waals surface area contributed by atoms with E-state index in [4.69, 9.17) is 0 Å². The average Bonchev–Trinajstić information content (AvgIpc) is 2.04. The standard InChI is InChI=1S/C7H12BBr2NO/c1-8(12)11-4-2-6(3-5-11)7(9)10/h12H,2-5H2,1H3. The summed E-state index contributed by atoms with van der Waals surface area (Å²) in [5.74, 6) is 0. The van der Waals surface area contributed by atoms with E-state index >= 15 is 0 Å². The van der Waals surface area contributed by atoms with E-state index in [9.17, 15) is 5.02 Å². The van der Waals surface area contributed by atoms with Crippen LogP contribution in [0.1, 0.15) is 12.8 Å². The summed E-state index contributed by atoms with van der Waals surface area (Å²) in [4.78, 5) is 2.08. The van der Waals surface area contributed by atoms with Crippen molar-refractivity contribution < 1.29 is 5.02 Å². The highest BCUT2D eigenvalue weighted by Crippen LogP contribution is 2.27. The van der Waals surface area contributed by atoms with Crippen LogP contribution in [-0.4, -0.2) is 30.0 Å². The van der Waals surface area contributed by atoms with Gasteiger partial charge in [0, 0.05) is 0 Å². The normalized spacial score (nSPS) is 19.5. The molecule has 0 aromatic carbocycles. The van der Waals surface area contributed by atoms with Crippen LogP contribution in [0.4, 0.5) is 0 Å². The molecule has 0 saturated carbocycles. The van der Waals surface area contributed by atoms with Crippen LogP contribution in [0.5, 0.6) is 0 Å². The monoisotopic (exact) mass is 295 g/mol. The lowest BCUT2D eigenvalue weighted by Gasteiger charge is -2.29. The highest BCUT2D eigenvalue weighted by molar-refractivity contribution is 9.28. The van der Waals surface area contributed by atoms with Crippen molar-refractivity contribution in [3.8, 4) is 0 Å². The summed E-state index contributed by atoms with van der Waals surface area (Å²) in [6, 6.07) is 0. The van der Waals surface area contributed by atoms with Crippen LogP contribution in [0.25, 0.3) is 0 Å². The van der Waals surface area contributed by atoms with E-state index in [1.807, 2.05) is 6.82 Å². The van der Waals surface area contributed by atoms with Gasteiger partial charge in [0.05, 0.1) is 3.39 Å². The molecule has 0 spiro atoms. The zero-order valence-electron chi connectivity index (χ0n) is 7.06. The third-order valence-corrected chi connectivity index (χ3v) is 3.32. The maximum Gasteiger partial charge on any atom is 0.376 e. The molecule has 1 aliphatic heterocycles. The van der Waals surface area contributed by atoms with Gasteiger partial charge in [0.2, 0.25) is 0 Å². The van der Waals surface area contributed by atoms with Gasteiger partial charge in [0.25, 0.3) is 0 Å². The molecule has 1 fully saturated rings. The Morgan fingerprint density at radius 3 is 2.25 bits per heavy atom. The zero-order chi connectivity index (χ0) is 9.14. The van der Waals surface area contributed by atoms with Crippen LogP contribution < -0.4 is 0 Å². The molecular weight excluding hydrogens is 285 g/mol. The van der Waals surface area contributed by atoms with Gasteiger partial charge in [-0.1, -0.05) is 0 Å². The molecule has 0 aromatic heterocycles. The second-order valence-electron chi connectivity index (χ2n) is 3.03. The Morgan fingerprint density at radius 2 is 1.92 bits per heavy atom. The number of halogens is 2. The molecule has 0 radical (unpaired) electrons. The maximum atomic E-state index is 9.29. The van der Waals surface area contributed by atoms with E-state index in [0.717, 1.165) is 29.3 Å². The van der Waals surface area contributed by atoms with Crippen molar-refractivity contribution in [3.63, 3.8) is 0 Å². The predicted molar refractivity (Wildman–Crippen MR) is 59.5 cm³/mol. The van der Waals surface area contributed by atoms with Crippen LogP contribution in [0.15, 0.2) is 8.96 Å². The first-order chi connectivity index (χ1) is 5.61. The molecule has 1 heterocycles. The first kappa shape index (κ1) is 10.8. The Labute approximate surface area is 90.4 Å². The fourth-order valence-electron chi connectivity index (χ4n) is 1.36.